The number of para-hydroxylation sites is 2. The molecule has 2 heterocycles. The number of nitrogens with one attached hydrogen (secondary N) is 2. The molecule has 104 valence electrons. The van der Waals surface area contributed by atoms with Gasteiger partial charge in [0.2, 0.25) is 11.8 Å². The highest BCUT2D eigenvalue weighted by Gasteiger charge is 2.19. The van der Waals surface area contributed by atoms with Crippen molar-refractivity contribution < 1.29 is 9.47 Å². The molecule has 0 aliphatic carbocycles. The van der Waals surface area contributed by atoms with Crippen LogP contribution in [0.15, 0.2) is 24.3 Å². The van der Waals surface area contributed by atoms with Gasteiger partial charge >= 0.3 is 0 Å². The van der Waals surface area contributed by atoms with Crippen LogP contribution in [-0.2, 0) is 13.1 Å². The van der Waals surface area contributed by atoms with Gasteiger partial charge in [0.25, 0.3) is 0 Å². The topological polar surface area (TPSA) is 68.3 Å². The summed E-state index contributed by atoms with van der Waals surface area (Å²) >= 11 is 0. The van der Waals surface area contributed by atoms with Crippen LogP contribution in [0.5, 0.6) is 11.6 Å². The molecule has 1 aliphatic rings. The van der Waals surface area contributed by atoms with E-state index in [1.165, 1.54) is 0 Å². The van der Waals surface area contributed by atoms with E-state index >= 15 is 0 Å². The van der Waals surface area contributed by atoms with Crippen LogP contribution in [0.2, 0.25) is 0 Å². The average molecular weight is 272 g/mol. The first kappa shape index (κ1) is 12.7. The number of benzene rings is 1. The highest BCUT2D eigenvalue weighted by atomic mass is 16.5. The molecular formula is C14H16N4O2. The Morgan fingerprint density at radius 1 is 1.10 bits per heavy atom. The zero-order chi connectivity index (χ0) is 13.9. The van der Waals surface area contributed by atoms with Crippen molar-refractivity contribution in [1.82, 2.24) is 15.3 Å². The number of methoxy groups -OCH3 is 2. The molecule has 0 bridgehead atoms. The van der Waals surface area contributed by atoms with Gasteiger partial charge in [-0.15, -0.1) is 0 Å². The molecular weight excluding hydrogens is 256 g/mol. The highest BCUT2D eigenvalue weighted by Crippen LogP contribution is 2.29. The molecule has 1 aliphatic heterocycles. The van der Waals surface area contributed by atoms with E-state index in [0.29, 0.717) is 11.8 Å². The van der Waals surface area contributed by atoms with Crippen molar-refractivity contribution in [1.29, 1.82) is 0 Å². The molecule has 0 unspecified atom stereocenters. The number of nitrogens with zero attached hydrogens (tertiary/aromatic N) is 2. The van der Waals surface area contributed by atoms with E-state index < -0.39 is 0 Å². The summed E-state index contributed by atoms with van der Waals surface area (Å²) in [5, 5.41) is 6.41. The maximum Gasteiger partial charge on any atom is 0.230 e. The van der Waals surface area contributed by atoms with Crippen molar-refractivity contribution in [3.05, 3.63) is 35.5 Å². The Hall–Kier alpha value is -2.34. The lowest BCUT2D eigenvalue weighted by atomic mass is 10.2. The first-order valence-electron chi connectivity index (χ1n) is 6.36. The van der Waals surface area contributed by atoms with Crippen molar-refractivity contribution in [2.45, 2.75) is 13.1 Å². The Morgan fingerprint density at radius 2 is 1.95 bits per heavy atom. The summed E-state index contributed by atoms with van der Waals surface area (Å²) in [5.74, 6) is 1.86. The molecule has 2 aromatic rings. The van der Waals surface area contributed by atoms with Gasteiger partial charge in [-0.3, -0.25) is 0 Å². The minimum absolute atomic E-state index is 0.508. The van der Waals surface area contributed by atoms with Crippen LogP contribution in [0, 0.1) is 0 Å². The van der Waals surface area contributed by atoms with Gasteiger partial charge in [0, 0.05) is 13.1 Å². The minimum atomic E-state index is 0.508. The SMILES string of the molecule is COc1ccccc1Nc1nc2c(c(OC)n1)CNC2. The monoisotopic (exact) mass is 272 g/mol. The lowest BCUT2D eigenvalue weighted by molar-refractivity contribution is 0.392. The van der Waals surface area contributed by atoms with E-state index in [2.05, 4.69) is 20.6 Å². The van der Waals surface area contributed by atoms with Gasteiger partial charge in [-0.25, -0.2) is 4.98 Å². The van der Waals surface area contributed by atoms with E-state index in [1.54, 1.807) is 14.2 Å². The van der Waals surface area contributed by atoms with E-state index in [1.807, 2.05) is 24.3 Å². The second-order valence-corrected chi connectivity index (χ2v) is 4.41. The maximum absolute atomic E-state index is 5.33. The Morgan fingerprint density at radius 3 is 2.75 bits per heavy atom. The fourth-order valence-electron chi connectivity index (χ4n) is 2.23. The van der Waals surface area contributed by atoms with Crippen molar-refractivity contribution in [2.24, 2.45) is 0 Å². The number of aromatic nitrogens is 2. The summed E-state index contributed by atoms with van der Waals surface area (Å²) in [4.78, 5) is 8.91. The first-order chi connectivity index (χ1) is 9.81. The summed E-state index contributed by atoms with van der Waals surface area (Å²) < 4.78 is 10.6. The second-order valence-electron chi connectivity index (χ2n) is 4.41. The third-order valence-corrected chi connectivity index (χ3v) is 3.20. The summed E-state index contributed by atoms with van der Waals surface area (Å²) in [5.41, 5.74) is 2.82. The van der Waals surface area contributed by atoms with Gasteiger partial charge in [0.15, 0.2) is 0 Å². The molecule has 0 radical (unpaired) electrons. The number of hydrogen-bond acceptors (Lipinski definition) is 6. The molecule has 0 saturated heterocycles. The minimum Gasteiger partial charge on any atom is -0.495 e. The lowest BCUT2D eigenvalue weighted by Crippen LogP contribution is -2.04. The van der Waals surface area contributed by atoms with Crippen LogP contribution < -0.4 is 20.1 Å². The third kappa shape index (κ3) is 2.25. The van der Waals surface area contributed by atoms with Crippen LogP contribution in [0.25, 0.3) is 0 Å². The quantitative estimate of drug-likeness (QED) is 0.885. The number of anilines is 2. The molecule has 1 aromatic heterocycles. The van der Waals surface area contributed by atoms with Crippen LogP contribution in [0.4, 0.5) is 11.6 Å². The van der Waals surface area contributed by atoms with E-state index in [4.69, 9.17) is 9.47 Å². The molecule has 20 heavy (non-hydrogen) atoms. The Balaban J connectivity index is 1.95. The van der Waals surface area contributed by atoms with Crippen molar-refractivity contribution >= 4 is 11.6 Å². The van der Waals surface area contributed by atoms with Gasteiger partial charge < -0.3 is 20.1 Å². The molecule has 3 rings (SSSR count). The van der Waals surface area contributed by atoms with Crippen molar-refractivity contribution in [2.75, 3.05) is 19.5 Å². The standard InChI is InChI=1S/C14H16N4O2/c1-19-12-6-4-3-5-10(12)16-14-17-11-8-15-7-9(11)13(18-14)20-2/h3-6,15H,7-8H2,1-2H3,(H,16,17,18). The third-order valence-electron chi connectivity index (χ3n) is 3.20. The smallest absolute Gasteiger partial charge is 0.230 e. The van der Waals surface area contributed by atoms with Crippen LogP contribution in [0.1, 0.15) is 11.3 Å². The van der Waals surface area contributed by atoms with Gasteiger partial charge in [-0.05, 0) is 12.1 Å². The summed E-state index contributed by atoms with van der Waals surface area (Å²) in [7, 11) is 3.25. The summed E-state index contributed by atoms with van der Waals surface area (Å²) in [6.45, 7) is 1.47. The number of hydrogen-bond donors (Lipinski definition) is 2. The predicted octanol–water partition coefficient (Wildman–Crippen LogP) is 1.84. The maximum atomic E-state index is 5.33. The number of ether oxygens (including phenoxy) is 2. The van der Waals surface area contributed by atoms with E-state index in [-0.39, 0.29) is 0 Å². The van der Waals surface area contributed by atoms with Gasteiger partial charge in [0.1, 0.15) is 5.75 Å². The Labute approximate surface area is 117 Å². The lowest BCUT2D eigenvalue weighted by Gasteiger charge is -2.12. The molecule has 0 atom stereocenters. The van der Waals surface area contributed by atoms with Crippen molar-refractivity contribution in [3.8, 4) is 11.6 Å². The molecule has 1 aromatic carbocycles. The van der Waals surface area contributed by atoms with Gasteiger partial charge in [0.05, 0.1) is 31.2 Å². The average Bonchev–Trinajstić information content (AvgIpc) is 2.95. The Kier molecular flexibility index (Phi) is 3.39. The molecule has 2 N–H and O–H groups in total. The number of rotatable bonds is 4. The number of fused-ring (bicyclic) bond motifs is 1. The van der Waals surface area contributed by atoms with Crippen LogP contribution in [-0.4, -0.2) is 24.2 Å². The van der Waals surface area contributed by atoms with E-state index in [9.17, 15) is 0 Å². The Bertz CT molecular complexity index is 631. The summed E-state index contributed by atoms with van der Waals surface area (Å²) in [6.07, 6.45) is 0. The predicted molar refractivity (Wildman–Crippen MR) is 75.4 cm³/mol. The fourth-order valence-corrected chi connectivity index (χ4v) is 2.23. The summed E-state index contributed by atoms with van der Waals surface area (Å²) in [6, 6.07) is 7.64. The normalized spacial score (nSPS) is 12.9. The fraction of sp³-hybridized carbons (Fsp3) is 0.286. The van der Waals surface area contributed by atoms with Crippen LogP contribution >= 0.6 is 0 Å². The molecule has 0 amide bonds. The molecule has 0 saturated carbocycles. The molecule has 6 nitrogen and oxygen atoms in total. The largest absolute Gasteiger partial charge is 0.495 e. The van der Waals surface area contributed by atoms with Gasteiger partial charge in [-0.1, -0.05) is 12.1 Å². The van der Waals surface area contributed by atoms with Crippen LogP contribution in [0.3, 0.4) is 0 Å². The van der Waals surface area contributed by atoms with Crippen molar-refractivity contribution in [3.63, 3.8) is 0 Å². The van der Waals surface area contributed by atoms with E-state index in [0.717, 1.165) is 35.8 Å². The zero-order valence-electron chi connectivity index (χ0n) is 11.4. The van der Waals surface area contributed by atoms with Gasteiger partial charge in [-0.2, -0.15) is 4.98 Å². The highest BCUT2D eigenvalue weighted by molar-refractivity contribution is 5.62. The first-order valence-corrected chi connectivity index (χ1v) is 6.36. The zero-order valence-corrected chi connectivity index (χ0v) is 11.4. The molecule has 0 spiro atoms. The molecule has 6 heteroatoms. The molecule has 0 fully saturated rings. The second kappa shape index (κ2) is 5.34.